The molecule has 0 fully saturated rings. The maximum absolute atomic E-state index is 12.6. The third-order valence-corrected chi connectivity index (χ3v) is 5.70. The molecular weight excluding hydrogens is 380 g/mol. The van der Waals surface area contributed by atoms with E-state index in [4.69, 9.17) is 11.6 Å². The SMILES string of the molecule is Cc1cccc(C)c1NC(=O)C(C)Sc1nnc(-c2ccc(Cl)cc2)n1C. The zero-order valence-corrected chi connectivity index (χ0v) is 17.2. The lowest BCUT2D eigenvalue weighted by atomic mass is 10.1. The Kier molecular flexibility index (Phi) is 5.87. The Morgan fingerprint density at radius 1 is 1.11 bits per heavy atom. The number of hydrogen-bond acceptors (Lipinski definition) is 4. The highest BCUT2D eigenvalue weighted by Gasteiger charge is 2.20. The van der Waals surface area contributed by atoms with Crippen LogP contribution in [0.1, 0.15) is 18.1 Å². The van der Waals surface area contributed by atoms with E-state index in [-0.39, 0.29) is 11.2 Å². The van der Waals surface area contributed by atoms with E-state index in [2.05, 4.69) is 15.5 Å². The molecular formula is C20H21ClN4OS. The lowest BCUT2D eigenvalue weighted by Crippen LogP contribution is -2.23. The number of carbonyl (C=O) groups excluding carboxylic acids is 1. The molecule has 1 aromatic heterocycles. The summed E-state index contributed by atoms with van der Waals surface area (Å²) in [6.07, 6.45) is 0. The summed E-state index contributed by atoms with van der Waals surface area (Å²) in [6, 6.07) is 13.4. The van der Waals surface area contributed by atoms with Crippen LogP contribution in [0.15, 0.2) is 47.6 Å². The van der Waals surface area contributed by atoms with Gasteiger partial charge in [0.2, 0.25) is 5.91 Å². The van der Waals surface area contributed by atoms with Crippen LogP contribution < -0.4 is 5.32 Å². The molecule has 0 saturated heterocycles. The monoisotopic (exact) mass is 400 g/mol. The zero-order valence-electron chi connectivity index (χ0n) is 15.7. The molecule has 2 aromatic carbocycles. The van der Waals surface area contributed by atoms with Gasteiger partial charge in [-0.3, -0.25) is 4.79 Å². The molecule has 1 atom stereocenters. The Hall–Kier alpha value is -2.31. The van der Waals surface area contributed by atoms with E-state index in [1.54, 1.807) is 0 Å². The second kappa shape index (κ2) is 8.15. The van der Waals surface area contributed by atoms with E-state index in [1.807, 2.05) is 74.9 Å². The van der Waals surface area contributed by atoms with Crippen molar-refractivity contribution in [3.05, 3.63) is 58.6 Å². The standard InChI is InChI=1S/C20H21ClN4OS/c1-12-6-5-7-13(2)17(12)22-19(26)14(3)27-20-24-23-18(25(20)4)15-8-10-16(21)11-9-15/h5-11,14H,1-4H3,(H,22,26). The third kappa shape index (κ3) is 4.34. The van der Waals surface area contributed by atoms with Crippen molar-refractivity contribution in [2.24, 2.45) is 7.05 Å². The van der Waals surface area contributed by atoms with Crippen LogP contribution in [0, 0.1) is 13.8 Å². The first-order valence-corrected chi connectivity index (χ1v) is 9.81. The highest BCUT2D eigenvalue weighted by Crippen LogP contribution is 2.28. The summed E-state index contributed by atoms with van der Waals surface area (Å²) < 4.78 is 1.89. The van der Waals surface area contributed by atoms with E-state index in [1.165, 1.54) is 11.8 Å². The minimum Gasteiger partial charge on any atom is -0.325 e. The second-order valence-electron chi connectivity index (χ2n) is 6.39. The van der Waals surface area contributed by atoms with Gasteiger partial charge < -0.3 is 9.88 Å². The minimum atomic E-state index is -0.315. The summed E-state index contributed by atoms with van der Waals surface area (Å²) in [4.78, 5) is 12.6. The van der Waals surface area contributed by atoms with Gasteiger partial charge in [-0.2, -0.15) is 0 Å². The van der Waals surface area contributed by atoms with Gasteiger partial charge in [0.1, 0.15) is 0 Å². The van der Waals surface area contributed by atoms with Crippen molar-refractivity contribution in [3.63, 3.8) is 0 Å². The summed E-state index contributed by atoms with van der Waals surface area (Å²) in [6.45, 7) is 5.84. The number of halogens is 1. The van der Waals surface area contributed by atoms with Gasteiger partial charge in [0.25, 0.3) is 0 Å². The van der Waals surface area contributed by atoms with Crippen molar-refractivity contribution < 1.29 is 4.79 Å². The smallest absolute Gasteiger partial charge is 0.237 e. The number of anilines is 1. The zero-order chi connectivity index (χ0) is 19.6. The van der Waals surface area contributed by atoms with Crippen molar-refractivity contribution in [1.82, 2.24) is 14.8 Å². The number of nitrogens with one attached hydrogen (secondary N) is 1. The maximum atomic E-state index is 12.6. The number of amides is 1. The number of hydrogen-bond donors (Lipinski definition) is 1. The van der Waals surface area contributed by atoms with Crippen LogP contribution in [-0.2, 0) is 11.8 Å². The molecule has 1 heterocycles. The van der Waals surface area contributed by atoms with Gasteiger partial charge in [0.05, 0.1) is 5.25 Å². The Morgan fingerprint density at radius 3 is 2.37 bits per heavy atom. The third-order valence-electron chi connectivity index (χ3n) is 4.32. The second-order valence-corrected chi connectivity index (χ2v) is 8.13. The fourth-order valence-corrected chi connectivity index (χ4v) is 3.66. The molecule has 0 spiro atoms. The topological polar surface area (TPSA) is 59.8 Å². The number of para-hydroxylation sites is 1. The van der Waals surface area contributed by atoms with Crippen LogP contribution in [0.5, 0.6) is 0 Å². The highest BCUT2D eigenvalue weighted by molar-refractivity contribution is 8.00. The van der Waals surface area contributed by atoms with E-state index in [9.17, 15) is 4.79 Å². The fraction of sp³-hybridized carbons (Fsp3) is 0.250. The van der Waals surface area contributed by atoms with Gasteiger partial charge in [-0.15, -0.1) is 10.2 Å². The van der Waals surface area contributed by atoms with Gasteiger partial charge in [-0.1, -0.05) is 41.6 Å². The van der Waals surface area contributed by atoms with Crippen LogP contribution in [-0.4, -0.2) is 25.9 Å². The van der Waals surface area contributed by atoms with E-state index in [0.29, 0.717) is 10.2 Å². The van der Waals surface area contributed by atoms with Crippen molar-refractivity contribution in [3.8, 4) is 11.4 Å². The van der Waals surface area contributed by atoms with Crippen molar-refractivity contribution in [2.75, 3.05) is 5.32 Å². The largest absolute Gasteiger partial charge is 0.325 e. The summed E-state index contributed by atoms with van der Waals surface area (Å²) in [5, 5.41) is 12.6. The first kappa shape index (κ1) is 19.5. The lowest BCUT2D eigenvalue weighted by molar-refractivity contribution is -0.115. The minimum absolute atomic E-state index is 0.0616. The molecule has 1 N–H and O–H groups in total. The van der Waals surface area contributed by atoms with Crippen molar-refractivity contribution in [2.45, 2.75) is 31.2 Å². The van der Waals surface area contributed by atoms with Gasteiger partial charge in [-0.05, 0) is 56.2 Å². The Morgan fingerprint density at radius 2 is 1.74 bits per heavy atom. The van der Waals surface area contributed by atoms with E-state index >= 15 is 0 Å². The lowest BCUT2D eigenvalue weighted by Gasteiger charge is -2.15. The predicted octanol–water partition coefficient (Wildman–Crippen LogP) is 4.87. The molecule has 0 aliphatic carbocycles. The van der Waals surface area contributed by atoms with Gasteiger partial charge >= 0.3 is 0 Å². The molecule has 0 aliphatic heterocycles. The number of benzene rings is 2. The molecule has 0 radical (unpaired) electrons. The van der Waals surface area contributed by atoms with E-state index < -0.39 is 0 Å². The number of aromatic nitrogens is 3. The van der Waals surface area contributed by atoms with Crippen LogP contribution >= 0.6 is 23.4 Å². The molecule has 1 amide bonds. The molecule has 5 nitrogen and oxygen atoms in total. The molecule has 7 heteroatoms. The quantitative estimate of drug-likeness (QED) is 0.620. The van der Waals surface area contributed by atoms with Gasteiger partial charge in [0, 0.05) is 23.3 Å². The first-order valence-electron chi connectivity index (χ1n) is 8.56. The molecule has 27 heavy (non-hydrogen) atoms. The van der Waals surface area contributed by atoms with Crippen LogP contribution in [0.2, 0.25) is 5.02 Å². The van der Waals surface area contributed by atoms with Crippen LogP contribution in [0.25, 0.3) is 11.4 Å². The average Bonchev–Trinajstić information content (AvgIpc) is 2.99. The summed E-state index contributed by atoms with van der Waals surface area (Å²) in [5.74, 6) is 0.671. The van der Waals surface area contributed by atoms with Crippen LogP contribution in [0.4, 0.5) is 5.69 Å². The van der Waals surface area contributed by atoms with Gasteiger partial charge in [0.15, 0.2) is 11.0 Å². The molecule has 0 aliphatic rings. The predicted molar refractivity (Wildman–Crippen MR) is 111 cm³/mol. The van der Waals surface area contributed by atoms with Crippen LogP contribution in [0.3, 0.4) is 0 Å². The number of rotatable bonds is 5. The summed E-state index contributed by atoms with van der Waals surface area (Å²) in [5.41, 5.74) is 3.89. The molecule has 0 saturated carbocycles. The number of carbonyl (C=O) groups is 1. The number of nitrogens with zero attached hydrogens (tertiary/aromatic N) is 3. The maximum Gasteiger partial charge on any atom is 0.237 e. The average molecular weight is 401 g/mol. The summed E-state index contributed by atoms with van der Waals surface area (Å²) in [7, 11) is 1.89. The Labute approximate surface area is 168 Å². The molecule has 0 bridgehead atoms. The van der Waals surface area contributed by atoms with Crippen molar-refractivity contribution in [1.29, 1.82) is 0 Å². The highest BCUT2D eigenvalue weighted by atomic mass is 35.5. The normalized spacial score (nSPS) is 12.0. The van der Waals surface area contributed by atoms with Gasteiger partial charge in [-0.25, -0.2) is 0 Å². The first-order chi connectivity index (χ1) is 12.9. The molecule has 1 unspecified atom stereocenters. The fourth-order valence-electron chi connectivity index (χ4n) is 2.72. The Bertz CT molecular complexity index is 948. The molecule has 3 rings (SSSR count). The molecule has 3 aromatic rings. The number of aryl methyl sites for hydroxylation is 2. The molecule has 140 valence electrons. The number of thioether (sulfide) groups is 1. The van der Waals surface area contributed by atoms with Crippen molar-refractivity contribution >= 4 is 35.0 Å². The Balaban J connectivity index is 1.73. The van der Waals surface area contributed by atoms with E-state index in [0.717, 1.165) is 28.2 Å². The summed E-state index contributed by atoms with van der Waals surface area (Å²) >= 11 is 7.32.